The molecule has 2 nitrogen and oxygen atoms in total. The average molecular weight is 195 g/mol. The van der Waals surface area contributed by atoms with E-state index in [1.165, 1.54) is 10.6 Å². The van der Waals surface area contributed by atoms with Crippen LogP contribution in [-0.4, -0.2) is 30.1 Å². The van der Waals surface area contributed by atoms with Gasteiger partial charge < -0.3 is 0 Å². The number of hydrogen-bond donors (Lipinski definition) is 1. The Labute approximate surface area is 83.6 Å². The van der Waals surface area contributed by atoms with Gasteiger partial charge >= 0.3 is 0 Å². The number of rotatable bonds is 2. The molecular weight excluding hydrogens is 180 g/mol. The zero-order chi connectivity index (χ0) is 9.68. The van der Waals surface area contributed by atoms with Crippen LogP contribution in [0, 0.1) is 0 Å². The second-order valence-electron chi connectivity index (χ2n) is 2.66. The summed E-state index contributed by atoms with van der Waals surface area (Å²) in [5, 5.41) is 1.23. The van der Waals surface area contributed by atoms with E-state index < -0.39 is 0 Å². The van der Waals surface area contributed by atoms with Crippen molar-refractivity contribution in [3.05, 3.63) is 35.9 Å². The van der Waals surface area contributed by atoms with E-state index in [-0.39, 0.29) is 0 Å². The topological polar surface area (TPSA) is 15.0 Å². The van der Waals surface area contributed by atoms with Gasteiger partial charge in [0.15, 0.2) is 7.05 Å². The summed E-state index contributed by atoms with van der Waals surface area (Å²) in [6.45, 7) is 0. The van der Waals surface area contributed by atoms with Gasteiger partial charge in [0, 0.05) is 0 Å². The lowest BCUT2D eigenvalue weighted by Crippen LogP contribution is -2.26. The van der Waals surface area contributed by atoms with E-state index in [2.05, 4.69) is 35.9 Å². The Kier molecular flexibility index (Phi) is 3.83. The Bertz CT molecular complexity index is 293. The minimum Gasteiger partial charge on any atom is -0.201 e. The van der Waals surface area contributed by atoms with E-state index in [9.17, 15) is 0 Å². The van der Waals surface area contributed by atoms with Gasteiger partial charge in [0.1, 0.15) is 0 Å². The van der Waals surface area contributed by atoms with Crippen molar-refractivity contribution in [3.63, 3.8) is 0 Å². The molecule has 0 bridgehead atoms. The van der Waals surface area contributed by atoms with Gasteiger partial charge in [-0.3, -0.25) is 0 Å². The Morgan fingerprint density at radius 3 is 2.38 bits per heavy atom. The number of hydrazine groups is 1. The lowest BCUT2D eigenvalue weighted by molar-refractivity contribution is -0.551. The Morgan fingerprint density at radius 1 is 1.31 bits per heavy atom. The van der Waals surface area contributed by atoms with E-state index in [1.807, 2.05) is 24.8 Å². The Balaban J connectivity index is 3.05. The van der Waals surface area contributed by atoms with E-state index in [1.54, 1.807) is 11.8 Å². The summed E-state index contributed by atoms with van der Waals surface area (Å²) in [5.41, 5.74) is 4.33. The third kappa shape index (κ3) is 2.49. The maximum Gasteiger partial charge on any atom is 0.269 e. The first-order valence-electron chi connectivity index (χ1n) is 4.17. The van der Waals surface area contributed by atoms with E-state index in [0.29, 0.717) is 0 Å². The summed E-state index contributed by atoms with van der Waals surface area (Å²) in [7, 11) is 3.93. The van der Waals surface area contributed by atoms with E-state index in [0.717, 1.165) is 0 Å². The first-order valence-corrected chi connectivity index (χ1v) is 5.39. The summed E-state index contributed by atoms with van der Waals surface area (Å²) in [5.74, 6) is 0. The van der Waals surface area contributed by atoms with Gasteiger partial charge in [0.25, 0.3) is 5.04 Å². The van der Waals surface area contributed by atoms with Gasteiger partial charge in [-0.25, -0.2) is 5.43 Å². The van der Waals surface area contributed by atoms with Crippen LogP contribution in [0.25, 0.3) is 0 Å². The van der Waals surface area contributed by atoms with Crippen LogP contribution in [0.2, 0.25) is 0 Å². The SMILES string of the molecule is CN/[N+](C)=C(\SC)c1ccccc1. The second-order valence-corrected chi connectivity index (χ2v) is 3.45. The van der Waals surface area contributed by atoms with E-state index in [4.69, 9.17) is 0 Å². The maximum absolute atomic E-state index is 3.09. The molecule has 0 heterocycles. The first-order chi connectivity index (χ1) is 6.29. The van der Waals surface area contributed by atoms with Crippen LogP contribution in [0.15, 0.2) is 30.3 Å². The predicted octanol–water partition coefficient (Wildman–Crippen LogP) is 1.57. The molecule has 0 saturated carbocycles. The number of hydrogen-bond acceptors (Lipinski definition) is 2. The molecular formula is C10H15N2S+. The summed E-state index contributed by atoms with van der Waals surface area (Å²) < 4.78 is 2.01. The summed E-state index contributed by atoms with van der Waals surface area (Å²) in [4.78, 5) is 0. The number of hydrazone groups is 1. The zero-order valence-electron chi connectivity index (χ0n) is 8.24. The van der Waals surface area contributed by atoms with E-state index >= 15 is 0 Å². The van der Waals surface area contributed by atoms with Crippen LogP contribution in [0.3, 0.4) is 0 Å². The molecule has 13 heavy (non-hydrogen) atoms. The standard InChI is InChI=1S/C10H15N2S/c1-11-12(2)10(13-3)9-7-5-4-6-8-9/h4-8,11H,1-3H3/q+1/b12-10-. The molecule has 0 aromatic heterocycles. The smallest absolute Gasteiger partial charge is 0.201 e. The Hall–Kier alpha value is -0.960. The van der Waals surface area contributed by atoms with Gasteiger partial charge in [0.05, 0.1) is 12.6 Å². The van der Waals surface area contributed by atoms with Crippen LogP contribution < -0.4 is 5.43 Å². The molecule has 0 amide bonds. The summed E-state index contributed by atoms with van der Waals surface area (Å²) in [6.07, 6.45) is 2.08. The molecule has 0 atom stereocenters. The zero-order valence-corrected chi connectivity index (χ0v) is 9.06. The predicted molar refractivity (Wildman–Crippen MR) is 59.3 cm³/mol. The molecule has 0 aliphatic carbocycles. The molecule has 1 aromatic rings. The molecule has 1 rings (SSSR count). The molecule has 1 aromatic carbocycles. The minimum absolute atomic E-state index is 1.23. The van der Waals surface area contributed by atoms with Gasteiger partial charge in [-0.05, 0) is 18.4 Å². The van der Waals surface area contributed by atoms with Crippen LogP contribution >= 0.6 is 11.8 Å². The van der Waals surface area contributed by atoms with Gasteiger partial charge in [-0.2, -0.15) is 0 Å². The van der Waals surface area contributed by atoms with Crippen LogP contribution in [-0.2, 0) is 0 Å². The molecule has 0 unspecified atom stereocenters. The van der Waals surface area contributed by atoms with Crippen molar-refractivity contribution < 1.29 is 4.68 Å². The average Bonchev–Trinajstić information content (AvgIpc) is 2.20. The molecule has 1 N–H and O–H groups in total. The van der Waals surface area contributed by atoms with Crippen molar-refractivity contribution in [2.75, 3.05) is 20.4 Å². The van der Waals surface area contributed by atoms with Gasteiger partial charge in [0.2, 0.25) is 0 Å². The largest absolute Gasteiger partial charge is 0.269 e. The lowest BCUT2D eigenvalue weighted by Gasteiger charge is -2.01. The van der Waals surface area contributed by atoms with Crippen LogP contribution in [0.5, 0.6) is 0 Å². The lowest BCUT2D eigenvalue weighted by atomic mass is 10.2. The molecule has 3 heteroatoms. The van der Waals surface area contributed by atoms with Crippen molar-refractivity contribution in [1.29, 1.82) is 0 Å². The summed E-state index contributed by atoms with van der Waals surface area (Å²) >= 11 is 1.74. The van der Waals surface area contributed by atoms with Crippen molar-refractivity contribution >= 4 is 16.8 Å². The first kappa shape index (κ1) is 10.1. The number of nitrogens with one attached hydrogen (secondary N) is 1. The molecule has 0 spiro atoms. The van der Waals surface area contributed by atoms with Crippen molar-refractivity contribution in [1.82, 2.24) is 5.43 Å². The second kappa shape index (κ2) is 4.92. The number of nitrogens with zero attached hydrogens (tertiary/aromatic N) is 1. The summed E-state index contributed by atoms with van der Waals surface area (Å²) in [6, 6.07) is 10.4. The molecule has 0 radical (unpaired) electrons. The van der Waals surface area contributed by atoms with Gasteiger partial charge in [-0.1, -0.05) is 30.0 Å². The highest BCUT2D eigenvalue weighted by molar-refractivity contribution is 8.13. The number of benzene rings is 1. The fourth-order valence-electron chi connectivity index (χ4n) is 1.13. The van der Waals surface area contributed by atoms with Crippen molar-refractivity contribution in [2.24, 2.45) is 0 Å². The normalized spacial score (nSPS) is 12.2. The third-order valence-electron chi connectivity index (χ3n) is 1.85. The molecule has 70 valence electrons. The van der Waals surface area contributed by atoms with Crippen molar-refractivity contribution in [2.45, 2.75) is 0 Å². The maximum atomic E-state index is 3.09. The fourth-order valence-corrected chi connectivity index (χ4v) is 1.87. The highest BCUT2D eigenvalue weighted by atomic mass is 32.2. The highest BCUT2D eigenvalue weighted by Crippen LogP contribution is 2.08. The molecule has 0 aliphatic heterocycles. The van der Waals surface area contributed by atoms with Crippen molar-refractivity contribution in [3.8, 4) is 0 Å². The molecule has 0 saturated heterocycles. The van der Waals surface area contributed by atoms with Crippen LogP contribution in [0.4, 0.5) is 0 Å². The van der Waals surface area contributed by atoms with Gasteiger partial charge in [-0.15, -0.1) is 4.68 Å². The fraction of sp³-hybridized carbons (Fsp3) is 0.300. The number of thioether (sulfide) groups is 1. The molecule has 0 fully saturated rings. The Morgan fingerprint density at radius 2 is 1.92 bits per heavy atom. The third-order valence-corrected chi connectivity index (χ3v) is 2.75. The monoisotopic (exact) mass is 195 g/mol. The highest BCUT2D eigenvalue weighted by Gasteiger charge is 2.10. The minimum atomic E-state index is 1.23. The quantitative estimate of drug-likeness (QED) is 0.333. The molecule has 0 aliphatic rings. The van der Waals surface area contributed by atoms with Crippen LogP contribution in [0.1, 0.15) is 5.56 Å².